The van der Waals surface area contributed by atoms with Crippen LogP contribution in [0.2, 0.25) is 0 Å². The van der Waals surface area contributed by atoms with Crippen LogP contribution in [0.1, 0.15) is 6.92 Å². The number of nitrogens with one attached hydrogen (secondary N) is 2. The molecule has 2 amide bonds. The van der Waals surface area contributed by atoms with Crippen molar-refractivity contribution in [1.82, 2.24) is 0 Å². The molecule has 22 heavy (non-hydrogen) atoms. The summed E-state index contributed by atoms with van der Waals surface area (Å²) in [6, 6.07) is 12.1. The minimum atomic E-state index is -0.367. The fraction of sp³-hybridized carbons (Fsp3) is 0.125. The zero-order valence-corrected chi connectivity index (χ0v) is 11.9. The Morgan fingerprint density at radius 2 is 1.50 bits per heavy atom. The van der Waals surface area contributed by atoms with Gasteiger partial charge in [0.15, 0.2) is 6.61 Å². The first-order chi connectivity index (χ1) is 10.5. The summed E-state index contributed by atoms with van der Waals surface area (Å²) in [5.41, 5.74) is 1.15. The molecule has 2 rings (SSSR count). The molecular formula is C16H15FN2O3. The average Bonchev–Trinajstić information content (AvgIpc) is 2.48. The fourth-order valence-corrected chi connectivity index (χ4v) is 1.72. The minimum absolute atomic E-state index is 0.160. The van der Waals surface area contributed by atoms with E-state index in [1.807, 2.05) is 0 Å². The van der Waals surface area contributed by atoms with E-state index < -0.39 is 0 Å². The second-order valence-corrected chi connectivity index (χ2v) is 4.55. The van der Waals surface area contributed by atoms with Crippen molar-refractivity contribution in [3.8, 4) is 5.75 Å². The van der Waals surface area contributed by atoms with E-state index in [0.29, 0.717) is 17.1 Å². The number of anilines is 2. The lowest BCUT2D eigenvalue weighted by molar-refractivity contribution is -0.118. The molecule has 0 aromatic heterocycles. The van der Waals surface area contributed by atoms with E-state index in [9.17, 15) is 14.0 Å². The van der Waals surface area contributed by atoms with E-state index in [2.05, 4.69) is 10.6 Å². The number of hydrogen-bond donors (Lipinski definition) is 2. The molecule has 0 atom stereocenters. The van der Waals surface area contributed by atoms with Gasteiger partial charge in [0.2, 0.25) is 5.91 Å². The first-order valence-corrected chi connectivity index (χ1v) is 6.59. The van der Waals surface area contributed by atoms with E-state index in [0.717, 1.165) is 0 Å². The summed E-state index contributed by atoms with van der Waals surface area (Å²) < 4.78 is 18.1. The van der Waals surface area contributed by atoms with Crippen molar-refractivity contribution in [2.45, 2.75) is 6.92 Å². The Morgan fingerprint density at radius 3 is 2.09 bits per heavy atom. The van der Waals surface area contributed by atoms with Crippen LogP contribution in [0.3, 0.4) is 0 Å². The molecule has 0 aliphatic rings. The number of carbonyl (C=O) groups is 2. The van der Waals surface area contributed by atoms with Crippen molar-refractivity contribution in [1.29, 1.82) is 0 Å². The minimum Gasteiger partial charge on any atom is -0.484 e. The molecule has 0 fully saturated rings. The van der Waals surface area contributed by atoms with Crippen LogP contribution < -0.4 is 15.4 Å². The van der Waals surface area contributed by atoms with Crippen LogP contribution in [0, 0.1) is 5.82 Å². The van der Waals surface area contributed by atoms with E-state index in [-0.39, 0.29) is 24.2 Å². The zero-order chi connectivity index (χ0) is 15.9. The molecule has 2 N–H and O–H groups in total. The monoisotopic (exact) mass is 302 g/mol. The summed E-state index contributed by atoms with van der Waals surface area (Å²) in [6.07, 6.45) is 0. The van der Waals surface area contributed by atoms with Crippen molar-refractivity contribution in [2.75, 3.05) is 17.2 Å². The van der Waals surface area contributed by atoms with E-state index in [1.165, 1.54) is 31.2 Å². The number of amides is 2. The van der Waals surface area contributed by atoms with Crippen molar-refractivity contribution >= 4 is 23.2 Å². The molecule has 114 valence electrons. The van der Waals surface area contributed by atoms with Crippen molar-refractivity contribution in [3.63, 3.8) is 0 Å². The number of benzene rings is 2. The average molecular weight is 302 g/mol. The molecule has 0 spiro atoms. The Labute approximate surface area is 127 Å². The first kappa shape index (κ1) is 15.5. The van der Waals surface area contributed by atoms with Crippen LogP contribution >= 0.6 is 0 Å². The van der Waals surface area contributed by atoms with E-state index in [1.54, 1.807) is 24.3 Å². The first-order valence-electron chi connectivity index (χ1n) is 6.59. The maximum atomic E-state index is 12.7. The van der Waals surface area contributed by atoms with E-state index >= 15 is 0 Å². The molecule has 0 unspecified atom stereocenters. The number of ether oxygens (including phenoxy) is 1. The van der Waals surface area contributed by atoms with Crippen LogP contribution in [0.15, 0.2) is 48.5 Å². The molecule has 2 aromatic carbocycles. The normalized spacial score (nSPS) is 9.91. The van der Waals surface area contributed by atoms with Gasteiger partial charge < -0.3 is 15.4 Å². The molecular weight excluding hydrogens is 287 g/mol. The lowest BCUT2D eigenvalue weighted by Gasteiger charge is -2.08. The lowest BCUT2D eigenvalue weighted by Crippen LogP contribution is -2.20. The van der Waals surface area contributed by atoms with Gasteiger partial charge in [-0.15, -0.1) is 0 Å². The van der Waals surface area contributed by atoms with Crippen molar-refractivity contribution < 1.29 is 18.7 Å². The Balaban J connectivity index is 1.83. The Bertz CT molecular complexity index is 654. The van der Waals surface area contributed by atoms with E-state index in [4.69, 9.17) is 4.74 Å². The predicted molar refractivity (Wildman–Crippen MR) is 81.3 cm³/mol. The zero-order valence-electron chi connectivity index (χ0n) is 11.9. The highest BCUT2D eigenvalue weighted by Gasteiger charge is 2.04. The molecule has 0 aliphatic heterocycles. The molecule has 5 nitrogen and oxygen atoms in total. The Hall–Kier alpha value is -2.89. The highest BCUT2D eigenvalue weighted by molar-refractivity contribution is 5.91. The van der Waals surface area contributed by atoms with Gasteiger partial charge in [-0.1, -0.05) is 0 Å². The van der Waals surface area contributed by atoms with Gasteiger partial charge in [-0.2, -0.15) is 0 Å². The molecule has 0 radical (unpaired) electrons. The fourth-order valence-electron chi connectivity index (χ4n) is 1.72. The third-order valence-electron chi connectivity index (χ3n) is 2.67. The maximum absolute atomic E-state index is 12.7. The number of carbonyl (C=O) groups excluding carboxylic acids is 2. The topological polar surface area (TPSA) is 67.4 Å². The highest BCUT2D eigenvalue weighted by Crippen LogP contribution is 2.15. The third kappa shape index (κ3) is 4.90. The lowest BCUT2D eigenvalue weighted by atomic mass is 10.3. The summed E-state index contributed by atoms with van der Waals surface area (Å²) in [7, 11) is 0. The Kier molecular flexibility index (Phi) is 5.08. The van der Waals surface area contributed by atoms with Gasteiger partial charge in [-0.3, -0.25) is 9.59 Å². The van der Waals surface area contributed by atoms with Gasteiger partial charge >= 0.3 is 0 Å². The largest absolute Gasteiger partial charge is 0.484 e. The van der Waals surface area contributed by atoms with Gasteiger partial charge in [-0.05, 0) is 48.5 Å². The molecule has 0 saturated carbocycles. The summed E-state index contributed by atoms with van der Waals surface area (Å²) in [4.78, 5) is 22.6. The number of rotatable bonds is 5. The van der Waals surface area contributed by atoms with Gasteiger partial charge in [0.05, 0.1) is 0 Å². The Morgan fingerprint density at radius 1 is 0.955 bits per heavy atom. The van der Waals surface area contributed by atoms with Gasteiger partial charge in [0.25, 0.3) is 5.91 Å². The smallest absolute Gasteiger partial charge is 0.262 e. The molecule has 2 aromatic rings. The third-order valence-corrected chi connectivity index (χ3v) is 2.67. The molecule has 0 bridgehead atoms. The summed E-state index contributed by atoms with van der Waals surface area (Å²) >= 11 is 0. The van der Waals surface area contributed by atoms with Crippen molar-refractivity contribution in [2.24, 2.45) is 0 Å². The van der Waals surface area contributed by atoms with Gasteiger partial charge in [0, 0.05) is 18.3 Å². The molecule has 0 aliphatic carbocycles. The summed E-state index contributed by atoms with van der Waals surface area (Å²) in [6.45, 7) is 1.25. The van der Waals surface area contributed by atoms with Crippen LogP contribution in [-0.4, -0.2) is 18.4 Å². The number of hydrogen-bond acceptors (Lipinski definition) is 3. The summed E-state index contributed by atoms with van der Waals surface area (Å²) in [5.74, 6) is -0.373. The van der Waals surface area contributed by atoms with Crippen LogP contribution in [0.4, 0.5) is 15.8 Å². The van der Waals surface area contributed by atoms with Crippen LogP contribution in [-0.2, 0) is 9.59 Å². The van der Waals surface area contributed by atoms with Crippen LogP contribution in [0.25, 0.3) is 0 Å². The van der Waals surface area contributed by atoms with Gasteiger partial charge in [0.1, 0.15) is 11.6 Å². The summed E-state index contributed by atoms with van der Waals surface area (Å²) in [5, 5.41) is 5.22. The molecule has 6 heteroatoms. The van der Waals surface area contributed by atoms with Crippen LogP contribution in [0.5, 0.6) is 5.75 Å². The second kappa shape index (κ2) is 7.21. The second-order valence-electron chi connectivity index (χ2n) is 4.55. The SMILES string of the molecule is CC(=O)Nc1ccc(OCC(=O)Nc2ccc(F)cc2)cc1. The number of halogens is 1. The van der Waals surface area contributed by atoms with Crippen molar-refractivity contribution in [3.05, 3.63) is 54.3 Å². The molecule has 0 heterocycles. The maximum Gasteiger partial charge on any atom is 0.262 e. The highest BCUT2D eigenvalue weighted by atomic mass is 19.1. The predicted octanol–water partition coefficient (Wildman–Crippen LogP) is 2.80. The quantitative estimate of drug-likeness (QED) is 0.892. The standard InChI is InChI=1S/C16H15FN2O3/c1-11(20)18-13-6-8-15(9-7-13)22-10-16(21)19-14-4-2-12(17)3-5-14/h2-9H,10H2,1H3,(H,18,20)(H,19,21). The molecule has 0 saturated heterocycles. The van der Waals surface area contributed by atoms with Gasteiger partial charge in [-0.25, -0.2) is 4.39 Å².